The summed E-state index contributed by atoms with van der Waals surface area (Å²) in [5.74, 6) is -0.916. The highest BCUT2D eigenvalue weighted by Gasteiger charge is 2.09. The Morgan fingerprint density at radius 2 is 1.89 bits per heavy atom. The van der Waals surface area contributed by atoms with Crippen LogP contribution in [-0.4, -0.2) is 11.7 Å². The molecule has 0 spiro atoms. The number of ketones is 1. The molecule has 0 aliphatic heterocycles. The molecule has 0 saturated carbocycles. The predicted octanol–water partition coefficient (Wildman–Crippen LogP) is 3.83. The lowest BCUT2D eigenvalue weighted by molar-refractivity contribution is 0.102. The molecule has 0 amide bonds. The zero-order valence-electron chi connectivity index (χ0n) is 10.1. The second-order valence-electron chi connectivity index (χ2n) is 3.98. The van der Waals surface area contributed by atoms with Crippen LogP contribution in [0.25, 0.3) is 0 Å². The maximum atomic E-state index is 13.7. The molecule has 0 radical (unpaired) electrons. The number of Topliss-reactive ketones (excluding diaryl/α,β-unsaturated/α-hetero) is 1. The Morgan fingerprint density at radius 1 is 1.16 bits per heavy atom. The molecule has 2 rings (SSSR count). The number of carbonyl (C=O) groups is 1. The first-order valence-electron chi connectivity index (χ1n) is 5.76. The molecule has 0 aliphatic carbocycles. The fraction of sp³-hybridized carbons (Fsp3) is 0.133. The Labute approximate surface area is 115 Å². The first kappa shape index (κ1) is 13.6. The fourth-order valence-electron chi connectivity index (χ4n) is 1.60. The van der Waals surface area contributed by atoms with E-state index in [9.17, 15) is 9.18 Å². The average Bonchev–Trinajstić information content (AvgIpc) is 2.46. The number of halogens is 2. The van der Waals surface area contributed by atoms with Gasteiger partial charge >= 0.3 is 0 Å². The Balaban J connectivity index is 2.07. The van der Waals surface area contributed by atoms with Gasteiger partial charge in [0.05, 0.1) is 5.88 Å². The highest BCUT2D eigenvalue weighted by Crippen LogP contribution is 2.20. The maximum absolute atomic E-state index is 13.7. The highest BCUT2D eigenvalue weighted by atomic mass is 35.5. The third-order valence-electron chi connectivity index (χ3n) is 2.61. The van der Waals surface area contributed by atoms with Crippen molar-refractivity contribution in [2.45, 2.75) is 6.61 Å². The van der Waals surface area contributed by atoms with Crippen LogP contribution in [0.4, 0.5) is 4.39 Å². The van der Waals surface area contributed by atoms with Crippen molar-refractivity contribution in [3.63, 3.8) is 0 Å². The Kier molecular flexibility index (Phi) is 4.53. The zero-order chi connectivity index (χ0) is 13.7. The summed E-state index contributed by atoms with van der Waals surface area (Å²) in [7, 11) is 0. The summed E-state index contributed by atoms with van der Waals surface area (Å²) in [6.45, 7) is 0.278. The number of carbonyl (C=O) groups excluding carboxylic acids is 1. The lowest BCUT2D eigenvalue weighted by atomic mass is 10.1. The van der Waals surface area contributed by atoms with Crippen LogP contribution in [-0.2, 0) is 6.61 Å². The van der Waals surface area contributed by atoms with Gasteiger partial charge in [0.15, 0.2) is 17.3 Å². The number of hydrogen-bond donors (Lipinski definition) is 0. The summed E-state index contributed by atoms with van der Waals surface area (Å²) in [6.07, 6.45) is 0. The zero-order valence-corrected chi connectivity index (χ0v) is 10.9. The number of rotatable bonds is 5. The van der Waals surface area contributed by atoms with Crippen LogP contribution in [0.5, 0.6) is 5.75 Å². The third-order valence-corrected chi connectivity index (χ3v) is 2.86. The molecule has 2 aromatic rings. The normalized spacial score (nSPS) is 10.2. The van der Waals surface area contributed by atoms with Gasteiger partial charge in [-0.1, -0.05) is 30.3 Å². The lowest BCUT2D eigenvalue weighted by Crippen LogP contribution is -2.02. The van der Waals surface area contributed by atoms with Gasteiger partial charge in [-0.05, 0) is 23.8 Å². The van der Waals surface area contributed by atoms with Crippen molar-refractivity contribution in [3.8, 4) is 5.75 Å². The fourth-order valence-corrected chi connectivity index (χ4v) is 1.76. The van der Waals surface area contributed by atoms with Gasteiger partial charge in [0.25, 0.3) is 0 Å². The Morgan fingerprint density at radius 3 is 2.53 bits per heavy atom. The van der Waals surface area contributed by atoms with E-state index >= 15 is 0 Å². The molecule has 0 saturated heterocycles. The summed E-state index contributed by atoms with van der Waals surface area (Å²) in [6, 6.07) is 13.6. The molecule has 0 aromatic heterocycles. The number of ether oxygens (including phenoxy) is 1. The Bertz CT molecular complexity index is 570. The molecule has 0 bridgehead atoms. The van der Waals surface area contributed by atoms with Crippen LogP contribution in [0.2, 0.25) is 0 Å². The molecule has 0 atom stereocenters. The molecule has 4 heteroatoms. The van der Waals surface area contributed by atoms with E-state index in [0.717, 1.165) is 11.6 Å². The van der Waals surface area contributed by atoms with Gasteiger partial charge in [0.1, 0.15) is 6.61 Å². The van der Waals surface area contributed by atoms with E-state index in [1.54, 1.807) is 0 Å². The summed E-state index contributed by atoms with van der Waals surface area (Å²) < 4.78 is 19.1. The van der Waals surface area contributed by atoms with E-state index < -0.39 is 5.82 Å². The van der Waals surface area contributed by atoms with Crippen LogP contribution in [0.1, 0.15) is 15.9 Å². The average molecular weight is 279 g/mol. The lowest BCUT2D eigenvalue weighted by Gasteiger charge is -2.08. The predicted molar refractivity (Wildman–Crippen MR) is 72.2 cm³/mol. The van der Waals surface area contributed by atoms with Crippen molar-refractivity contribution in [3.05, 3.63) is 65.5 Å². The first-order chi connectivity index (χ1) is 9.20. The molecule has 98 valence electrons. The quantitative estimate of drug-likeness (QED) is 0.614. The number of alkyl halides is 1. The van der Waals surface area contributed by atoms with Gasteiger partial charge in [0, 0.05) is 5.56 Å². The van der Waals surface area contributed by atoms with E-state index in [0.29, 0.717) is 0 Å². The van der Waals surface area contributed by atoms with Crippen LogP contribution >= 0.6 is 11.6 Å². The van der Waals surface area contributed by atoms with Crippen LogP contribution in [0.15, 0.2) is 48.5 Å². The van der Waals surface area contributed by atoms with Crippen LogP contribution in [0, 0.1) is 5.82 Å². The maximum Gasteiger partial charge on any atom is 0.177 e. The van der Waals surface area contributed by atoms with Crippen molar-refractivity contribution in [1.82, 2.24) is 0 Å². The van der Waals surface area contributed by atoms with Crippen molar-refractivity contribution in [2.75, 3.05) is 5.88 Å². The van der Waals surface area contributed by atoms with Gasteiger partial charge in [-0.15, -0.1) is 11.6 Å². The highest BCUT2D eigenvalue weighted by molar-refractivity contribution is 6.30. The minimum atomic E-state index is -0.563. The van der Waals surface area contributed by atoms with E-state index in [4.69, 9.17) is 16.3 Å². The van der Waals surface area contributed by atoms with Crippen molar-refractivity contribution >= 4 is 17.4 Å². The summed E-state index contributed by atoms with van der Waals surface area (Å²) in [5, 5.41) is 0. The summed E-state index contributed by atoms with van der Waals surface area (Å²) in [5.41, 5.74) is 1.20. The number of benzene rings is 2. The molecule has 0 N–H and O–H groups in total. The summed E-state index contributed by atoms with van der Waals surface area (Å²) in [4.78, 5) is 11.3. The summed E-state index contributed by atoms with van der Waals surface area (Å²) >= 11 is 5.42. The standard InChI is InChI=1S/C15H12ClFO2/c16-9-14(18)12-6-7-15(13(17)8-12)19-10-11-4-2-1-3-5-11/h1-8H,9-10H2. The molecule has 19 heavy (non-hydrogen) atoms. The second-order valence-corrected chi connectivity index (χ2v) is 4.24. The molecular formula is C15H12ClFO2. The second kappa shape index (κ2) is 6.34. The molecule has 0 fully saturated rings. The molecule has 2 aromatic carbocycles. The van der Waals surface area contributed by atoms with Crippen molar-refractivity contribution in [1.29, 1.82) is 0 Å². The van der Waals surface area contributed by atoms with E-state index in [1.807, 2.05) is 30.3 Å². The molecule has 2 nitrogen and oxygen atoms in total. The molecule has 0 unspecified atom stereocenters. The minimum Gasteiger partial charge on any atom is -0.486 e. The molecule has 0 aliphatic rings. The largest absolute Gasteiger partial charge is 0.486 e. The van der Waals surface area contributed by atoms with Gasteiger partial charge in [-0.3, -0.25) is 4.79 Å². The van der Waals surface area contributed by atoms with E-state index in [2.05, 4.69) is 0 Å². The van der Waals surface area contributed by atoms with Gasteiger partial charge in [0.2, 0.25) is 0 Å². The van der Waals surface area contributed by atoms with Gasteiger partial charge < -0.3 is 4.74 Å². The minimum absolute atomic E-state index is 0.120. The van der Waals surface area contributed by atoms with Crippen molar-refractivity contribution < 1.29 is 13.9 Å². The molecular weight excluding hydrogens is 267 g/mol. The smallest absolute Gasteiger partial charge is 0.177 e. The van der Waals surface area contributed by atoms with Gasteiger partial charge in [-0.25, -0.2) is 4.39 Å². The monoisotopic (exact) mass is 278 g/mol. The van der Waals surface area contributed by atoms with E-state index in [-0.39, 0.29) is 29.6 Å². The van der Waals surface area contributed by atoms with Gasteiger partial charge in [-0.2, -0.15) is 0 Å². The Hall–Kier alpha value is -1.87. The van der Waals surface area contributed by atoms with Crippen LogP contribution < -0.4 is 4.74 Å². The SMILES string of the molecule is O=C(CCl)c1ccc(OCc2ccccc2)c(F)c1. The molecule has 0 heterocycles. The first-order valence-corrected chi connectivity index (χ1v) is 6.29. The van der Waals surface area contributed by atoms with E-state index in [1.165, 1.54) is 12.1 Å². The third kappa shape index (κ3) is 3.55. The van der Waals surface area contributed by atoms with Crippen molar-refractivity contribution in [2.24, 2.45) is 0 Å². The number of hydrogen-bond acceptors (Lipinski definition) is 2. The van der Waals surface area contributed by atoms with Crippen LogP contribution in [0.3, 0.4) is 0 Å². The topological polar surface area (TPSA) is 26.3 Å².